The maximum Gasteiger partial charge on any atom is 0.338 e. The molecule has 1 amide bonds. The van der Waals surface area contributed by atoms with Crippen molar-refractivity contribution in [3.8, 4) is 0 Å². The Hall–Kier alpha value is -4.18. The fraction of sp³-hybridized carbons (Fsp3) is 0.133. The van der Waals surface area contributed by atoms with Gasteiger partial charge < -0.3 is 10.1 Å². The SMILES string of the molecule is CCOC(=O)c1ccc(NC(=O)[C@@H](c2ccccc2)C(c2ccccc2)c2ccccc2)cc1. The van der Waals surface area contributed by atoms with Crippen LogP contribution in [-0.4, -0.2) is 18.5 Å². The van der Waals surface area contributed by atoms with E-state index in [1.54, 1.807) is 31.2 Å². The summed E-state index contributed by atoms with van der Waals surface area (Å²) >= 11 is 0. The van der Waals surface area contributed by atoms with Crippen molar-refractivity contribution in [1.29, 1.82) is 0 Å². The molecule has 4 rings (SSSR count). The number of benzene rings is 4. The zero-order chi connectivity index (χ0) is 23.8. The minimum atomic E-state index is -0.462. The number of carbonyl (C=O) groups excluding carboxylic acids is 2. The number of ether oxygens (including phenoxy) is 1. The second-order valence-electron chi connectivity index (χ2n) is 7.97. The van der Waals surface area contributed by atoms with E-state index < -0.39 is 5.92 Å². The Labute approximate surface area is 200 Å². The summed E-state index contributed by atoms with van der Waals surface area (Å²) in [5, 5.41) is 3.07. The van der Waals surface area contributed by atoms with E-state index >= 15 is 0 Å². The van der Waals surface area contributed by atoms with E-state index in [0.717, 1.165) is 16.7 Å². The van der Waals surface area contributed by atoms with Gasteiger partial charge in [0, 0.05) is 11.6 Å². The standard InChI is InChI=1S/C30H27NO3/c1-2-34-30(33)25-18-20-26(21-19-25)31-29(32)28(24-16-10-5-11-17-24)27(22-12-6-3-7-13-22)23-14-8-4-9-15-23/h3-21,27-28H,2H2,1H3,(H,31,32)/t28-/m0/s1. The second kappa shape index (κ2) is 11.1. The number of amides is 1. The van der Waals surface area contributed by atoms with Crippen LogP contribution in [0.5, 0.6) is 0 Å². The molecular formula is C30H27NO3. The summed E-state index contributed by atoms with van der Waals surface area (Å²) in [5.41, 5.74) is 4.14. The Morgan fingerprint density at radius 1 is 0.676 bits per heavy atom. The molecule has 1 N–H and O–H groups in total. The predicted molar refractivity (Wildman–Crippen MR) is 135 cm³/mol. The number of anilines is 1. The van der Waals surface area contributed by atoms with Crippen molar-refractivity contribution < 1.29 is 14.3 Å². The van der Waals surface area contributed by atoms with Crippen molar-refractivity contribution in [3.05, 3.63) is 138 Å². The van der Waals surface area contributed by atoms with Crippen LogP contribution in [0.2, 0.25) is 0 Å². The highest BCUT2D eigenvalue weighted by molar-refractivity contribution is 5.97. The molecule has 1 atom stereocenters. The Balaban J connectivity index is 1.71. The highest BCUT2D eigenvalue weighted by Gasteiger charge is 2.32. The van der Waals surface area contributed by atoms with E-state index in [2.05, 4.69) is 29.6 Å². The van der Waals surface area contributed by atoms with Gasteiger partial charge in [-0.15, -0.1) is 0 Å². The van der Waals surface area contributed by atoms with Gasteiger partial charge in [0.25, 0.3) is 0 Å². The van der Waals surface area contributed by atoms with Gasteiger partial charge in [-0.2, -0.15) is 0 Å². The number of hydrogen-bond acceptors (Lipinski definition) is 3. The Bertz CT molecular complexity index is 1170. The maximum absolute atomic E-state index is 13.8. The van der Waals surface area contributed by atoms with Crippen molar-refractivity contribution in [1.82, 2.24) is 0 Å². The smallest absolute Gasteiger partial charge is 0.338 e. The van der Waals surface area contributed by atoms with Crippen molar-refractivity contribution in [2.75, 3.05) is 11.9 Å². The number of carbonyl (C=O) groups is 2. The predicted octanol–water partition coefficient (Wildman–Crippen LogP) is 6.42. The summed E-state index contributed by atoms with van der Waals surface area (Å²) in [4.78, 5) is 25.8. The van der Waals surface area contributed by atoms with Crippen LogP contribution in [0.4, 0.5) is 5.69 Å². The van der Waals surface area contributed by atoms with Crippen molar-refractivity contribution >= 4 is 17.6 Å². The number of nitrogens with one attached hydrogen (secondary N) is 1. The van der Waals surface area contributed by atoms with E-state index in [-0.39, 0.29) is 17.8 Å². The third kappa shape index (κ3) is 5.41. The van der Waals surface area contributed by atoms with Crippen LogP contribution < -0.4 is 5.32 Å². The summed E-state index contributed by atoms with van der Waals surface area (Å²) in [6.45, 7) is 2.09. The van der Waals surface area contributed by atoms with Crippen LogP contribution in [-0.2, 0) is 9.53 Å². The molecule has 0 bridgehead atoms. The quantitative estimate of drug-likeness (QED) is 0.316. The highest BCUT2D eigenvalue weighted by Crippen LogP contribution is 2.39. The molecule has 0 aliphatic carbocycles. The molecule has 0 aliphatic rings. The molecule has 0 unspecified atom stereocenters. The zero-order valence-corrected chi connectivity index (χ0v) is 19.1. The first kappa shape index (κ1) is 23.0. The van der Waals surface area contributed by atoms with E-state index in [1.165, 1.54) is 0 Å². The lowest BCUT2D eigenvalue weighted by molar-refractivity contribution is -0.117. The molecule has 0 saturated heterocycles. The molecule has 34 heavy (non-hydrogen) atoms. The van der Waals surface area contributed by atoms with Crippen molar-refractivity contribution in [2.24, 2.45) is 0 Å². The summed E-state index contributed by atoms with van der Waals surface area (Å²) in [7, 11) is 0. The molecule has 0 heterocycles. The third-order valence-corrected chi connectivity index (χ3v) is 5.76. The first-order valence-electron chi connectivity index (χ1n) is 11.4. The number of rotatable bonds is 8. The summed E-state index contributed by atoms with van der Waals surface area (Å²) in [5.74, 6) is -1.14. The molecule has 0 aliphatic heterocycles. The van der Waals surface area contributed by atoms with E-state index in [0.29, 0.717) is 17.9 Å². The van der Waals surface area contributed by atoms with Crippen LogP contribution in [0, 0.1) is 0 Å². The molecule has 170 valence electrons. The molecule has 0 spiro atoms. The Kier molecular flexibility index (Phi) is 7.51. The molecular weight excluding hydrogens is 422 g/mol. The lowest BCUT2D eigenvalue weighted by Crippen LogP contribution is -2.27. The second-order valence-corrected chi connectivity index (χ2v) is 7.97. The van der Waals surface area contributed by atoms with Gasteiger partial charge in [0.2, 0.25) is 5.91 Å². The van der Waals surface area contributed by atoms with Crippen molar-refractivity contribution in [2.45, 2.75) is 18.8 Å². The topological polar surface area (TPSA) is 55.4 Å². The van der Waals surface area contributed by atoms with Crippen molar-refractivity contribution in [3.63, 3.8) is 0 Å². The van der Waals surface area contributed by atoms with Gasteiger partial charge in [0.05, 0.1) is 18.1 Å². The molecule has 4 aromatic rings. The molecule has 0 aromatic heterocycles. The lowest BCUT2D eigenvalue weighted by Gasteiger charge is -2.28. The molecule has 0 fully saturated rings. The maximum atomic E-state index is 13.8. The Morgan fingerprint density at radius 3 is 1.62 bits per heavy atom. The lowest BCUT2D eigenvalue weighted by atomic mass is 9.76. The minimum Gasteiger partial charge on any atom is -0.462 e. The average Bonchev–Trinajstić information content (AvgIpc) is 2.89. The van der Waals surface area contributed by atoms with Gasteiger partial charge in [-0.3, -0.25) is 4.79 Å². The Morgan fingerprint density at radius 2 is 1.15 bits per heavy atom. The van der Waals surface area contributed by atoms with Gasteiger partial charge in [-0.25, -0.2) is 4.79 Å². The third-order valence-electron chi connectivity index (χ3n) is 5.76. The van der Waals surface area contributed by atoms with Crippen LogP contribution in [0.15, 0.2) is 115 Å². The van der Waals surface area contributed by atoms with Crippen LogP contribution >= 0.6 is 0 Å². The van der Waals surface area contributed by atoms with Gasteiger partial charge >= 0.3 is 5.97 Å². The summed E-state index contributed by atoms with van der Waals surface area (Å²) in [6, 6.07) is 36.8. The molecule has 4 nitrogen and oxygen atoms in total. The fourth-order valence-electron chi connectivity index (χ4n) is 4.18. The van der Waals surface area contributed by atoms with E-state index in [4.69, 9.17) is 4.74 Å². The molecule has 0 saturated carbocycles. The van der Waals surface area contributed by atoms with Gasteiger partial charge in [-0.05, 0) is 47.9 Å². The first-order chi connectivity index (χ1) is 16.7. The van der Waals surface area contributed by atoms with E-state index in [1.807, 2.05) is 66.7 Å². The fourth-order valence-corrected chi connectivity index (χ4v) is 4.18. The molecule has 4 aromatic carbocycles. The van der Waals surface area contributed by atoms with Crippen LogP contribution in [0.3, 0.4) is 0 Å². The van der Waals surface area contributed by atoms with Gasteiger partial charge in [0.1, 0.15) is 0 Å². The van der Waals surface area contributed by atoms with Gasteiger partial charge in [0.15, 0.2) is 0 Å². The van der Waals surface area contributed by atoms with E-state index in [9.17, 15) is 9.59 Å². The monoisotopic (exact) mass is 449 g/mol. The molecule has 0 radical (unpaired) electrons. The number of hydrogen-bond donors (Lipinski definition) is 1. The largest absolute Gasteiger partial charge is 0.462 e. The van der Waals surface area contributed by atoms with Gasteiger partial charge in [-0.1, -0.05) is 91.0 Å². The van der Waals surface area contributed by atoms with Crippen LogP contribution in [0.25, 0.3) is 0 Å². The first-order valence-corrected chi connectivity index (χ1v) is 11.4. The summed E-state index contributed by atoms with van der Waals surface area (Å²) < 4.78 is 5.05. The number of esters is 1. The molecule has 4 heteroatoms. The van der Waals surface area contributed by atoms with Crippen LogP contribution in [0.1, 0.15) is 45.8 Å². The zero-order valence-electron chi connectivity index (χ0n) is 19.1. The normalized spacial score (nSPS) is 11.6. The highest BCUT2D eigenvalue weighted by atomic mass is 16.5. The minimum absolute atomic E-state index is 0.118. The summed E-state index contributed by atoms with van der Waals surface area (Å²) in [6.07, 6.45) is 0. The average molecular weight is 450 g/mol.